The van der Waals surface area contributed by atoms with Crippen molar-refractivity contribution >= 4 is 23.4 Å². The summed E-state index contributed by atoms with van der Waals surface area (Å²) in [5.74, 6) is -0.864. The number of amides is 3. The molecule has 2 aromatic carbocycles. The summed E-state index contributed by atoms with van der Waals surface area (Å²) in [6.45, 7) is 4.99. The van der Waals surface area contributed by atoms with Gasteiger partial charge in [-0.3, -0.25) is 19.6 Å². The summed E-state index contributed by atoms with van der Waals surface area (Å²) in [6.07, 6.45) is 1.22. The topological polar surface area (TPSA) is 143 Å². The normalized spacial score (nSPS) is 22.4. The molecule has 3 amide bonds. The van der Waals surface area contributed by atoms with Gasteiger partial charge in [0.2, 0.25) is 5.91 Å². The van der Waals surface area contributed by atoms with Gasteiger partial charge in [0, 0.05) is 23.8 Å². The molecule has 3 aliphatic heterocycles. The predicted molar refractivity (Wildman–Crippen MR) is 134 cm³/mol. The lowest BCUT2D eigenvalue weighted by molar-refractivity contribution is -0.133. The predicted octanol–water partition coefficient (Wildman–Crippen LogP) is 0.961. The lowest BCUT2D eigenvalue weighted by atomic mass is 9.84. The van der Waals surface area contributed by atoms with E-state index in [-0.39, 0.29) is 12.5 Å². The minimum atomic E-state index is -1.28. The number of hydrogen-bond donors (Lipinski definition) is 6. The summed E-state index contributed by atoms with van der Waals surface area (Å²) in [6, 6.07) is 13.3. The molecule has 6 N–H and O–H groups in total. The standard InChI is InChI=1S/C26H33N5O5/c1-16(32)24(26(35)30-36)29-25(34)20-4-2-17(3-5-20)18-6-8-21(9-7-18)28-23(33)14-27-22-15-31-12-10-19(22)11-13-31/h2-9,16,19,22,24,27,32,36H,10-15H2,1H3,(H,28,33)(H,29,34)(H,30,35)/t16-,22+,24+/m1/s1. The Morgan fingerprint density at radius 3 is 2.14 bits per heavy atom. The number of piperidine rings is 3. The number of fused-ring (bicyclic) bond motifs is 3. The molecule has 10 nitrogen and oxygen atoms in total. The maximum Gasteiger partial charge on any atom is 0.268 e. The van der Waals surface area contributed by atoms with E-state index in [1.165, 1.54) is 38.3 Å². The number of benzene rings is 2. The Balaban J connectivity index is 1.29. The highest BCUT2D eigenvalue weighted by molar-refractivity contribution is 5.98. The second-order valence-corrected chi connectivity index (χ2v) is 9.50. The molecule has 3 fully saturated rings. The number of nitrogens with zero attached hydrogens (tertiary/aromatic N) is 1. The fraction of sp³-hybridized carbons (Fsp3) is 0.423. The Labute approximate surface area is 210 Å². The number of rotatable bonds is 9. The van der Waals surface area contributed by atoms with E-state index in [2.05, 4.69) is 20.9 Å². The highest BCUT2D eigenvalue weighted by Crippen LogP contribution is 2.27. The third-order valence-corrected chi connectivity index (χ3v) is 6.99. The van der Waals surface area contributed by atoms with Gasteiger partial charge in [0.05, 0.1) is 12.6 Å². The number of carbonyl (C=O) groups excluding carboxylic acids is 3. The van der Waals surface area contributed by atoms with Crippen LogP contribution < -0.4 is 21.4 Å². The van der Waals surface area contributed by atoms with E-state index in [1.807, 2.05) is 24.3 Å². The summed E-state index contributed by atoms with van der Waals surface area (Å²) in [5.41, 5.74) is 4.22. The fourth-order valence-electron chi connectivity index (χ4n) is 4.88. The molecule has 2 aromatic rings. The Hall–Kier alpha value is -3.31. The van der Waals surface area contributed by atoms with E-state index >= 15 is 0 Å². The fourth-order valence-corrected chi connectivity index (χ4v) is 4.88. The van der Waals surface area contributed by atoms with Gasteiger partial charge >= 0.3 is 0 Å². The highest BCUT2D eigenvalue weighted by atomic mass is 16.5. The smallest absolute Gasteiger partial charge is 0.268 e. The van der Waals surface area contributed by atoms with Crippen LogP contribution >= 0.6 is 0 Å². The van der Waals surface area contributed by atoms with Crippen molar-refractivity contribution in [1.82, 2.24) is 21.0 Å². The van der Waals surface area contributed by atoms with Gasteiger partial charge < -0.3 is 26.0 Å². The van der Waals surface area contributed by atoms with Gasteiger partial charge in [-0.05, 0) is 74.2 Å². The Kier molecular flexibility index (Phi) is 8.32. The number of aliphatic hydroxyl groups excluding tert-OH is 1. The minimum Gasteiger partial charge on any atom is -0.391 e. The molecule has 10 heteroatoms. The number of hydroxylamine groups is 1. The summed E-state index contributed by atoms with van der Waals surface area (Å²) in [7, 11) is 0. The third kappa shape index (κ3) is 6.27. The Bertz CT molecular complexity index is 1070. The van der Waals surface area contributed by atoms with Gasteiger partial charge in [-0.1, -0.05) is 24.3 Å². The van der Waals surface area contributed by atoms with Gasteiger partial charge in [0.1, 0.15) is 6.04 Å². The molecule has 2 bridgehead atoms. The van der Waals surface area contributed by atoms with E-state index < -0.39 is 24.0 Å². The van der Waals surface area contributed by atoms with Crippen LogP contribution in [0.2, 0.25) is 0 Å². The van der Waals surface area contributed by atoms with Crippen molar-refractivity contribution in [3.8, 4) is 11.1 Å². The quantitative estimate of drug-likeness (QED) is 0.225. The van der Waals surface area contributed by atoms with Crippen molar-refractivity contribution in [2.24, 2.45) is 5.92 Å². The van der Waals surface area contributed by atoms with E-state index in [4.69, 9.17) is 5.21 Å². The number of nitrogens with one attached hydrogen (secondary N) is 4. The van der Waals surface area contributed by atoms with Crippen molar-refractivity contribution in [3.05, 3.63) is 54.1 Å². The maximum absolute atomic E-state index is 12.4. The van der Waals surface area contributed by atoms with Crippen LogP contribution in [0.3, 0.4) is 0 Å². The molecule has 0 saturated carbocycles. The first kappa shape index (κ1) is 25.8. The molecule has 36 heavy (non-hydrogen) atoms. The number of carbonyl (C=O) groups is 3. The first-order valence-electron chi connectivity index (χ1n) is 12.2. The van der Waals surface area contributed by atoms with E-state index in [9.17, 15) is 19.5 Å². The molecule has 0 radical (unpaired) electrons. The van der Waals surface area contributed by atoms with Crippen molar-refractivity contribution in [2.75, 3.05) is 31.5 Å². The second kappa shape index (κ2) is 11.6. The summed E-state index contributed by atoms with van der Waals surface area (Å²) >= 11 is 0. The molecule has 3 aliphatic rings. The third-order valence-electron chi connectivity index (χ3n) is 6.99. The zero-order valence-electron chi connectivity index (χ0n) is 20.2. The van der Waals surface area contributed by atoms with Gasteiger partial charge in [-0.15, -0.1) is 0 Å². The van der Waals surface area contributed by atoms with Gasteiger partial charge in [0.25, 0.3) is 11.8 Å². The van der Waals surface area contributed by atoms with E-state index in [1.54, 1.807) is 24.3 Å². The van der Waals surface area contributed by atoms with Crippen LogP contribution in [0, 0.1) is 5.92 Å². The summed E-state index contributed by atoms with van der Waals surface area (Å²) in [4.78, 5) is 38.9. The molecule has 192 valence electrons. The molecule has 3 atom stereocenters. The molecule has 0 unspecified atom stereocenters. The van der Waals surface area contributed by atoms with Crippen LogP contribution in [0.1, 0.15) is 30.1 Å². The zero-order chi connectivity index (χ0) is 25.7. The summed E-state index contributed by atoms with van der Waals surface area (Å²) < 4.78 is 0. The average Bonchev–Trinajstić information content (AvgIpc) is 2.91. The van der Waals surface area contributed by atoms with E-state index in [0.717, 1.165) is 17.7 Å². The first-order valence-corrected chi connectivity index (χ1v) is 12.2. The number of hydrogen-bond acceptors (Lipinski definition) is 7. The molecular weight excluding hydrogens is 462 g/mol. The average molecular weight is 496 g/mol. The highest BCUT2D eigenvalue weighted by Gasteiger charge is 2.33. The van der Waals surface area contributed by atoms with Gasteiger partial charge in [-0.2, -0.15) is 0 Å². The van der Waals surface area contributed by atoms with Crippen molar-refractivity contribution in [1.29, 1.82) is 0 Å². The molecule has 3 heterocycles. The Morgan fingerprint density at radius 2 is 1.61 bits per heavy atom. The van der Waals surface area contributed by atoms with Crippen molar-refractivity contribution in [2.45, 2.75) is 38.0 Å². The lowest BCUT2D eigenvalue weighted by Crippen LogP contribution is -2.57. The molecule has 3 saturated heterocycles. The van der Waals surface area contributed by atoms with Crippen molar-refractivity contribution < 1.29 is 24.7 Å². The van der Waals surface area contributed by atoms with Crippen LogP contribution in [0.4, 0.5) is 5.69 Å². The molecule has 0 aliphatic carbocycles. The first-order chi connectivity index (χ1) is 17.3. The Morgan fingerprint density at radius 1 is 1.00 bits per heavy atom. The van der Waals surface area contributed by atoms with Crippen LogP contribution in [0.15, 0.2) is 48.5 Å². The number of anilines is 1. The van der Waals surface area contributed by atoms with Crippen LogP contribution in [0.5, 0.6) is 0 Å². The minimum absolute atomic E-state index is 0.0695. The van der Waals surface area contributed by atoms with Crippen LogP contribution in [0.25, 0.3) is 11.1 Å². The number of aliphatic hydroxyl groups is 1. The molecule has 0 aromatic heterocycles. The van der Waals surface area contributed by atoms with E-state index in [0.29, 0.717) is 23.2 Å². The molecule has 5 rings (SSSR count). The monoisotopic (exact) mass is 495 g/mol. The largest absolute Gasteiger partial charge is 0.391 e. The van der Waals surface area contributed by atoms with Crippen molar-refractivity contribution in [3.63, 3.8) is 0 Å². The van der Waals surface area contributed by atoms with Crippen LogP contribution in [-0.2, 0) is 9.59 Å². The van der Waals surface area contributed by atoms with Gasteiger partial charge in [0.15, 0.2) is 0 Å². The maximum atomic E-state index is 12.4. The van der Waals surface area contributed by atoms with Gasteiger partial charge in [-0.25, -0.2) is 5.48 Å². The molecule has 0 spiro atoms. The lowest BCUT2D eigenvalue weighted by Gasteiger charge is -2.45. The SMILES string of the molecule is C[C@@H](O)[C@H](NC(=O)c1ccc(-c2ccc(NC(=O)CN[C@H]3CN4CCC3CC4)cc2)cc1)C(=O)NO. The zero-order valence-corrected chi connectivity index (χ0v) is 20.2. The van der Waals surface area contributed by atoms with Crippen LogP contribution in [-0.4, -0.2) is 77.3 Å². The summed E-state index contributed by atoms with van der Waals surface area (Å²) in [5, 5.41) is 27.2. The second-order valence-electron chi connectivity index (χ2n) is 9.50. The molecular formula is C26H33N5O5.